The number of carbonyl (C=O) groups excluding carboxylic acids is 1. The monoisotopic (exact) mass is 282 g/mol. The summed E-state index contributed by atoms with van der Waals surface area (Å²) in [6, 6.07) is 6.87. The SMILES string of the molecule is CC(C)(O)C(=O)Nc1cc(Br)ccc1C#N. The summed E-state index contributed by atoms with van der Waals surface area (Å²) in [5, 5.41) is 20.8. The van der Waals surface area contributed by atoms with Crippen LogP contribution >= 0.6 is 15.9 Å². The highest BCUT2D eigenvalue weighted by molar-refractivity contribution is 9.10. The zero-order valence-corrected chi connectivity index (χ0v) is 10.5. The highest BCUT2D eigenvalue weighted by Gasteiger charge is 2.24. The quantitative estimate of drug-likeness (QED) is 0.872. The fourth-order valence-electron chi connectivity index (χ4n) is 0.993. The number of benzene rings is 1. The van der Waals surface area contributed by atoms with Gasteiger partial charge in [-0.2, -0.15) is 5.26 Å². The number of aliphatic hydroxyl groups is 1. The molecule has 0 atom stereocenters. The van der Waals surface area contributed by atoms with Crippen molar-refractivity contribution in [3.05, 3.63) is 28.2 Å². The van der Waals surface area contributed by atoms with E-state index in [4.69, 9.17) is 5.26 Å². The first-order chi connectivity index (χ1) is 7.34. The molecule has 0 radical (unpaired) electrons. The van der Waals surface area contributed by atoms with Gasteiger partial charge in [0.1, 0.15) is 11.7 Å². The number of nitrogens with zero attached hydrogens (tertiary/aromatic N) is 1. The molecule has 0 fully saturated rings. The first-order valence-corrected chi connectivity index (χ1v) is 5.37. The van der Waals surface area contributed by atoms with E-state index < -0.39 is 11.5 Å². The van der Waals surface area contributed by atoms with Crippen LogP contribution in [-0.2, 0) is 4.79 Å². The topological polar surface area (TPSA) is 73.1 Å². The molecule has 0 aliphatic heterocycles. The number of hydrogen-bond donors (Lipinski definition) is 2. The van der Waals surface area contributed by atoms with Crippen molar-refractivity contribution in [3.63, 3.8) is 0 Å². The van der Waals surface area contributed by atoms with Gasteiger partial charge < -0.3 is 10.4 Å². The minimum absolute atomic E-state index is 0.348. The largest absolute Gasteiger partial charge is 0.381 e. The number of anilines is 1. The minimum Gasteiger partial charge on any atom is -0.381 e. The smallest absolute Gasteiger partial charge is 0.255 e. The van der Waals surface area contributed by atoms with Crippen LogP contribution in [0.2, 0.25) is 0 Å². The molecule has 0 bridgehead atoms. The molecule has 5 heteroatoms. The van der Waals surface area contributed by atoms with Gasteiger partial charge in [0, 0.05) is 4.47 Å². The fourth-order valence-corrected chi connectivity index (χ4v) is 1.35. The Morgan fingerprint density at radius 1 is 1.56 bits per heavy atom. The number of hydrogen-bond acceptors (Lipinski definition) is 3. The van der Waals surface area contributed by atoms with Crippen LogP contribution in [-0.4, -0.2) is 16.6 Å². The van der Waals surface area contributed by atoms with E-state index in [1.807, 2.05) is 6.07 Å². The summed E-state index contributed by atoms with van der Waals surface area (Å²) in [5.74, 6) is -0.554. The second kappa shape index (κ2) is 4.64. The van der Waals surface area contributed by atoms with Crippen LogP contribution in [0.25, 0.3) is 0 Å². The third-order valence-electron chi connectivity index (χ3n) is 1.91. The molecule has 1 aromatic carbocycles. The van der Waals surface area contributed by atoms with Gasteiger partial charge in [-0.05, 0) is 32.0 Å². The van der Waals surface area contributed by atoms with Crippen molar-refractivity contribution in [2.24, 2.45) is 0 Å². The summed E-state index contributed by atoms with van der Waals surface area (Å²) in [6.45, 7) is 2.76. The fraction of sp³-hybridized carbons (Fsp3) is 0.273. The Kier molecular flexibility index (Phi) is 3.68. The van der Waals surface area contributed by atoms with Gasteiger partial charge in [0.15, 0.2) is 0 Å². The molecule has 84 valence electrons. The van der Waals surface area contributed by atoms with Crippen molar-refractivity contribution in [2.75, 3.05) is 5.32 Å². The van der Waals surface area contributed by atoms with Crippen molar-refractivity contribution < 1.29 is 9.90 Å². The van der Waals surface area contributed by atoms with E-state index in [0.29, 0.717) is 11.3 Å². The Labute approximate surface area is 102 Å². The molecule has 1 aromatic rings. The summed E-state index contributed by atoms with van der Waals surface area (Å²) in [6.07, 6.45) is 0. The predicted molar refractivity (Wildman–Crippen MR) is 63.8 cm³/mol. The summed E-state index contributed by atoms with van der Waals surface area (Å²) in [4.78, 5) is 11.5. The average Bonchev–Trinajstić information content (AvgIpc) is 2.16. The highest BCUT2D eigenvalue weighted by Crippen LogP contribution is 2.21. The third-order valence-corrected chi connectivity index (χ3v) is 2.40. The molecule has 0 saturated carbocycles. The van der Waals surface area contributed by atoms with E-state index in [1.54, 1.807) is 18.2 Å². The van der Waals surface area contributed by atoms with Crippen LogP contribution in [0.15, 0.2) is 22.7 Å². The first-order valence-electron chi connectivity index (χ1n) is 4.58. The summed E-state index contributed by atoms with van der Waals surface area (Å²) in [5.41, 5.74) is -0.750. The molecular weight excluding hydrogens is 272 g/mol. The molecule has 2 N–H and O–H groups in total. The number of amides is 1. The molecule has 0 spiro atoms. The second-order valence-electron chi connectivity index (χ2n) is 3.81. The number of nitriles is 1. The van der Waals surface area contributed by atoms with Crippen LogP contribution < -0.4 is 5.32 Å². The molecule has 1 rings (SSSR count). The van der Waals surface area contributed by atoms with Crippen LogP contribution in [0.4, 0.5) is 5.69 Å². The van der Waals surface area contributed by atoms with Gasteiger partial charge in [0.2, 0.25) is 0 Å². The maximum absolute atomic E-state index is 11.5. The van der Waals surface area contributed by atoms with E-state index in [0.717, 1.165) is 4.47 Å². The van der Waals surface area contributed by atoms with Gasteiger partial charge in [0.25, 0.3) is 5.91 Å². The van der Waals surface area contributed by atoms with Crippen LogP contribution in [0.3, 0.4) is 0 Å². The molecule has 1 amide bonds. The third kappa shape index (κ3) is 3.05. The van der Waals surface area contributed by atoms with E-state index in [1.165, 1.54) is 13.8 Å². The molecule has 0 aliphatic carbocycles. The van der Waals surface area contributed by atoms with E-state index in [9.17, 15) is 9.90 Å². The molecule has 0 aromatic heterocycles. The molecule has 0 saturated heterocycles. The predicted octanol–water partition coefficient (Wildman–Crippen LogP) is 2.03. The Morgan fingerprint density at radius 3 is 2.69 bits per heavy atom. The Hall–Kier alpha value is -1.38. The van der Waals surface area contributed by atoms with Crippen molar-refractivity contribution in [1.82, 2.24) is 0 Å². The lowest BCUT2D eigenvalue weighted by Crippen LogP contribution is -2.36. The molecule has 16 heavy (non-hydrogen) atoms. The molecule has 0 unspecified atom stereocenters. The average molecular weight is 283 g/mol. The molecule has 4 nitrogen and oxygen atoms in total. The zero-order chi connectivity index (χ0) is 12.3. The standard InChI is InChI=1S/C11H11BrN2O2/c1-11(2,16)10(15)14-9-5-8(12)4-3-7(9)6-13/h3-5,16H,1-2H3,(H,14,15). The lowest BCUT2D eigenvalue weighted by molar-refractivity contribution is -0.130. The number of nitrogens with one attached hydrogen (secondary N) is 1. The van der Waals surface area contributed by atoms with Gasteiger partial charge in [-0.15, -0.1) is 0 Å². The summed E-state index contributed by atoms with van der Waals surface area (Å²) < 4.78 is 0.748. The van der Waals surface area contributed by atoms with Gasteiger partial charge in [-0.3, -0.25) is 4.79 Å². The normalized spacial score (nSPS) is 10.7. The maximum atomic E-state index is 11.5. The maximum Gasteiger partial charge on any atom is 0.255 e. The lowest BCUT2D eigenvalue weighted by Gasteiger charge is -2.17. The second-order valence-corrected chi connectivity index (χ2v) is 4.73. The Morgan fingerprint density at radius 2 is 2.19 bits per heavy atom. The summed E-state index contributed by atoms with van der Waals surface area (Å²) in [7, 11) is 0. The van der Waals surface area contributed by atoms with Crippen molar-refractivity contribution >= 4 is 27.5 Å². The number of carbonyl (C=O) groups is 1. The van der Waals surface area contributed by atoms with Gasteiger partial charge >= 0.3 is 0 Å². The minimum atomic E-state index is -1.48. The van der Waals surface area contributed by atoms with Crippen molar-refractivity contribution in [2.45, 2.75) is 19.4 Å². The van der Waals surface area contributed by atoms with Crippen molar-refractivity contribution in [3.8, 4) is 6.07 Å². The Balaban J connectivity index is 3.02. The van der Waals surface area contributed by atoms with Crippen molar-refractivity contribution in [1.29, 1.82) is 5.26 Å². The number of rotatable bonds is 2. The first kappa shape index (κ1) is 12.7. The van der Waals surface area contributed by atoms with Gasteiger partial charge in [-0.25, -0.2) is 0 Å². The molecule has 0 aliphatic rings. The van der Waals surface area contributed by atoms with Crippen LogP contribution in [0, 0.1) is 11.3 Å². The van der Waals surface area contributed by atoms with Crippen LogP contribution in [0.1, 0.15) is 19.4 Å². The zero-order valence-electron chi connectivity index (χ0n) is 8.91. The van der Waals surface area contributed by atoms with E-state index in [2.05, 4.69) is 21.2 Å². The Bertz CT molecular complexity index is 458. The van der Waals surface area contributed by atoms with E-state index >= 15 is 0 Å². The van der Waals surface area contributed by atoms with Gasteiger partial charge in [-0.1, -0.05) is 15.9 Å². The summed E-state index contributed by atoms with van der Waals surface area (Å²) >= 11 is 3.24. The van der Waals surface area contributed by atoms with E-state index in [-0.39, 0.29) is 0 Å². The highest BCUT2D eigenvalue weighted by atomic mass is 79.9. The number of halogens is 1. The molecular formula is C11H11BrN2O2. The van der Waals surface area contributed by atoms with Gasteiger partial charge in [0.05, 0.1) is 11.3 Å². The van der Waals surface area contributed by atoms with Crippen LogP contribution in [0.5, 0.6) is 0 Å². The lowest BCUT2D eigenvalue weighted by atomic mass is 10.1. The molecule has 0 heterocycles.